The van der Waals surface area contributed by atoms with Crippen molar-refractivity contribution >= 4 is 46.5 Å². The number of carbonyl (C=O) groups is 3. The zero-order chi connectivity index (χ0) is 32.5. The molecule has 3 amide bonds. The quantitative estimate of drug-likeness (QED) is 0.283. The predicted octanol–water partition coefficient (Wildman–Crippen LogP) is 8.14. The number of fused-ring (bicyclic) bond motifs is 4. The molecule has 0 saturated carbocycles. The highest BCUT2D eigenvalue weighted by Crippen LogP contribution is 2.38. The Kier molecular flexibility index (Phi) is 9.25. The zero-order valence-corrected chi connectivity index (χ0v) is 26.3. The lowest BCUT2D eigenvalue weighted by Crippen LogP contribution is -2.38. The number of hydrogen-bond donors (Lipinski definition) is 2. The van der Waals surface area contributed by atoms with Gasteiger partial charge in [0.1, 0.15) is 11.4 Å². The van der Waals surface area contributed by atoms with Crippen molar-refractivity contribution in [2.24, 2.45) is 5.92 Å². The Bertz CT molecular complexity index is 1690. The summed E-state index contributed by atoms with van der Waals surface area (Å²) in [4.78, 5) is 45.5. The van der Waals surface area contributed by atoms with Gasteiger partial charge in [-0.05, 0) is 87.6 Å². The normalized spacial score (nSPS) is 19.0. The Labute approximate surface area is 265 Å². The highest BCUT2D eigenvalue weighted by Gasteiger charge is 2.31. The lowest BCUT2D eigenvalue weighted by molar-refractivity contribution is -0.129. The first kappa shape index (κ1) is 32.1. The number of hydrogen-bond acceptors (Lipinski definition) is 5. The average Bonchev–Trinajstić information content (AvgIpc) is 2.96. The van der Waals surface area contributed by atoms with Crippen molar-refractivity contribution in [3.63, 3.8) is 0 Å². The summed E-state index contributed by atoms with van der Waals surface area (Å²) in [7, 11) is 0. The molecule has 8 nitrogen and oxygen atoms in total. The number of anilines is 2. The molecule has 3 heterocycles. The topological polar surface area (TPSA) is 101 Å². The van der Waals surface area contributed by atoms with Crippen molar-refractivity contribution in [2.75, 3.05) is 17.2 Å². The Morgan fingerprint density at radius 2 is 1.89 bits per heavy atom. The Morgan fingerprint density at radius 3 is 2.62 bits per heavy atom. The van der Waals surface area contributed by atoms with E-state index in [0.29, 0.717) is 41.9 Å². The summed E-state index contributed by atoms with van der Waals surface area (Å²) < 4.78 is 34.7. The van der Waals surface area contributed by atoms with E-state index in [9.17, 15) is 23.2 Å². The summed E-state index contributed by atoms with van der Waals surface area (Å²) in [6.45, 7) is 7.37. The van der Waals surface area contributed by atoms with Gasteiger partial charge in [-0.3, -0.25) is 19.9 Å². The van der Waals surface area contributed by atoms with Crippen LogP contribution in [0.4, 0.5) is 25.0 Å². The number of carbonyl (C=O) groups excluding carboxylic acids is 3. The predicted molar refractivity (Wildman–Crippen MR) is 170 cm³/mol. The summed E-state index contributed by atoms with van der Waals surface area (Å²) in [6.07, 6.45) is 4.24. The van der Waals surface area contributed by atoms with Crippen LogP contribution in [-0.2, 0) is 14.3 Å². The number of amides is 3. The number of pyridine rings is 1. The molecule has 0 unspecified atom stereocenters. The third-order valence-electron chi connectivity index (χ3n) is 7.86. The standard InChI is InChI=1S/C34H35ClF2N4O4/c1-19-6-5-7-28(41-15-13-21(17-29(41)42)30-25(36)11-10-24(35)31(30)37)27-16-20(12-14-38-27)23-9-8-22(18-26(23)40-32(19)43)39-33(44)45-34(2,3)4/h8-12,14,16-19,28H,5-7,13,15H2,1-4H3,(H,39,44)(H,40,43)/t19-,28+/m1/s1. The van der Waals surface area contributed by atoms with Gasteiger partial charge >= 0.3 is 6.09 Å². The molecule has 236 valence electrons. The Morgan fingerprint density at radius 1 is 1.11 bits per heavy atom. The van der Waals surface area contributed by atoms with E-state index in [1.807, 2.05) is 19.1 Å². The fourth-order valence-corrected chi connectivity index (χ4v) is 5.81. The fraction of sp³-hybridized carbons (Fsp3) is 0.353. The second-order valence-corrected chi connectivity index (χ2v) is 12.8. The highest BCUT2D eigenvalue weighted by atomic mass is 35.5. The van der Waals surface area contributed by atoms with Crippen LogP contribution in [0.2, 0.25) is 5.02 Å². The van der Waals surface area contributed by atoms with E-state index in [4.69, 9.17) is 16.3 Å². The number of nitrogens with one attached hydrogen (secondary N) is 2. The van der Waals surface area contributed by atoms with E-state index in [2.05, 4.69) is 15.6 Å². The van der Waals surface area contributed by atoms with Crippen LogP contribution in [0.1, 0.15) is 70.7 Å². The number of halogens is 3. The molecular formula is C34H35ClF2N4O4. The lowest BCUT2D eigenvalue weighted by atomic mass is 9.92. The van der Waals surface area contributed by atoms with E-state index in [-0.39, 0.29) is 46.9 Å². The number of ether oxygens (including phenoxy) is 1. The molecule has 45 heavy (non-hydrogen) atoms. The Balaban J connectivity index is 1.49. The number of nitrogens with zero attached hydrogens (tertiary/aromatic N) is 2. The van der Waals surface area contributed by atoms with Gasteiger partial charge < -0.3 is 15.0 Å². The molecule has 0 spiro atoms. The fourth-order valence-electron chi connectivity index (χ4n) is 5.65. The molecule has 1 aromatic heterocycles. The molecular weight excluding hydrogens is 602 g/mol. The summed E-state index contributed by atoms with van der Waals surface area (Å²) >= 11 is 5.90. The smallest absolute Gasteiger partial charge is 0.412 e. The highest BCUT2D eigenvalue weighted by molar-refractivity contribution is 6.31. The summed E-state index contributed by atoms with van der Waals surface area (Å²) in [5.74, 6) is -2.57. The minimum Gasteiger partial charge on any atom is -0.444 e. The molecule has 11 heteroatoms. The van der Waals surface area contributed by atoms with Gasteiger partial charge in [0.05, 0.1) is 28.0 Å². The SMILES string of the molecule is C[C@@H]1CCC[C@H](N2CCC(c3c(F)ccc(Cl)c3F)=CC2=O)c2cc(ccn2)-c2ccc(NC(=O)OC(C)(C)C)cc2NC1=O. The van der Waals surface area contributed by atoms with Crippen LogP contribution < -0.4 is 10.6 Å². The van der Waals surface area contributed by atoms with Gasteiger partial charge in [0.25, 0.3) is 0 Å². The number of rotatable bonds is 3. The van der Waals surface area contributed by atoms with Gasteiger partial charge in [-0.2, -0.15) is 0 Å². The van der Waals surface area contributed by atoms with Gasteiger partial charge in [-0.1, -0.05) is 31.0 Å². The molecule has 5 rings (SSSR count). The van der Waals surface area contributed by atoms with Crippen LogP contribution >= 0.6 is 11.6 Å². The minimum absolute atomic E-state index is 0.177. The second-order valence-electron chi connectivity index (χ2n) is 12.4. The molecule has 2 N–H and O–H groups in total. The lowest BCUT2D eigenvalue weighted by Gasteiger charge is -2.34. The first-order chi connectivity index (χ1) is 21.3. The molecule has 2 aliphatic heterocycles. The van der Waals surface area contributed by atoms with Crippen molar-refractivity contribution in [3.05, 3.63) is 82.7 Å². The first-order valence-corrected chi connectivity index (χ1v) is 15.2. The third-order valence-corrected chi connectivity index (χ3v) is 8.15. The van der Waals surface area contributed by atoms with Crippen molar-refractivity contribution < 1.29 is 27.9 Å². The molecule has 2 atom stereocenters. The van der Waals surface area contributed by atoms with Gasteiger partial charge in [-0.25, -0.2) is 13.6 Å². The van der Waals surface area contributed by atoms with Crippen molar-refractivity contribution in [2.45, 2.75) is 65.0 Å². The van der Waals surface area contributed by atoms with Crippen LogP contribution in [0.3, 0.4) is 0 Å². The summed E-state index contributed by atoms with van der Waals surface area (Å²) in [6, 6.07) is 10.7. The van der Waals surface area contributed by atoms with Gasteiger partial charge in [-0.15, -0.1) is 0 Å². The molecule has 0 saturated heterocycles. The largest absolute Gasteiger partial charge is 0.444 e. The molecule has 0 radical (unpaired) electrons. The first-order valence-electron chi connectivity index (χ1n) is 14.9. The van der Waals surface area contributed by atoms with Gasteiger partial charge in [0.2, 0.25) is 11.8 Å². The maximum absolute atomic E-state index is 14.8. The zero-order valence-electron chi connectivity index (χ0n) is 25.5. The average molecular weight is 637 g/mol. The minimum atomic E-state index is -0.889. The van der Waals surface area contributed by atoms with E-state index >= 15 is 0 Å². The number of aromatic nitrogens is 1. The van der Waals surface area contributed by atoms with Gasteiger partial charge in [0, 0.05) is 36.0 Å². The van der Waals surface area contributed by atoms with Crippen LogP contribution in [0.25, 0.3) is 16.7 Å². The third kappa shape index (κ3) is 7.33. The summed E-state index contributed by atoms with van der Waals surface area (Å²) in [5.41, 5.74) is 2.34. The maximum atomic E-state index is 14.8. The molecule has 0 fully saturated rings. The van der Waals surface area contributed by atoms with Gasteiger partial charge in [0.15, 0.2) is 5.82 Å². The molecule has 2 aromatic carbocycles. The Hall–Kier alpha value is -4.31. The number of benzene rings is 2. The molecule has 3 aromatic rings. The van der Waals surface area contributed by atoms with Crippen LogP contribution in [-0.4, -0.2) is 39.9 Å². The van der Waals surface area contributed by atoms with E-state index in [0.717, 1.165) is 17.7 Å². The molecule has 2 aliphatic rings. The van der Waals surface area contributed by atoms with Crippen molar-refractivity contribution in [1.29, 1.82) is 0 Å². The monoisotopic (exact) mass is 636 g/mol. The second kappa shape index (κ2) is 13.0. The molecule has 0 aliphatic carbocycles. The molecule has 2 bridgehead atoms. The van der Waals surface area contributed by atoms with Crippen molar-refractivity contribution in [1.82, 2.24) is 9.88 Å². The van der Waals surface area contributed by atoms with Crippen LogP contribution in [0.5, 0.6) is 0 Å². The van der Waals surface area contributed by atoms with E-state index < -0.39 is 29.4 Å². The van der Waals surface area contributed by atoms with E-state index in [1.54, 1.807) is 50.1 Å². The maximum Gasteiger partial charge on any atom is 0.412 e. The summed E-state index contributed by atoms with van der Waals surface area (Å²) in [5, 5.41) is 5.52. The van der Waals surface area contributed by atoms with E-state index in [1.165, 1.54) is 6.08 Å². The van der Waals surface area contributed by atoms with Crippen molar-refractivity contribution in [3.8, 4) is 11.1 Å². The van der Waals surface area contributed by atoms with Crippen LogP contribution in [0, 0.1) is 17.6 Å². The van der Waals surface area contributed by atoms with Crippen LogP contribution in [0.15, 0.2) is 54.7 Å².